The Kier molecular flexibility index (Phi) is 5.63. The number of fused-ring (bicyclic) bond motifs is 1. The van der Waals surface area contributed by atoms with Gasteiger partial charge < -0.3 is 24.4 Å². The van der Waals surface area contributed by atoms with Gasteiger partial charge in [0, 0.05) is 24.8 Å². The number of hydrogen-bond acceptors (Lipinski definition) is 8. The van der Waals surface area contributed by atoms with Crippen molar-refractivity contribution < 1.29 is 19.0 Å². The van der Waals surface area contributed by atoms with Gasteiger partial charge in [0.1, 0.15) is 0 Å². The number of aromatic nitrogens is 3. The lowest BCUT2D eigenvalue weighted by Gasteiger charge is -2.27. The molecule has 1 aromatic heterocycles. The quantitative estimate of drug-likeness (QED) is 0.586. The smallest absolute Gasteiger partial charge is 0.234 e. The van der Waals surface area contributed by atoms with Gasteiger partial charge in [-0.15, -0.1) is 10.2 Å². The third-order valence-electron chi connectivity index (χ3n) is 4.91. The monoisotopic (exact) mass is 439 g/mol. The molecule has 1 amide bonds. The zero-order valence-electron chi connectivity index (χ0n) is 16.7. The highest BCUT2D eigenvalue weighted by Crippen LogP contribution is 2.34. The first-order valence-electron chi connectivity index (χ1n) is 9.94. The standard InChI is InChI=1S/C21H21N5O4S/c27-19(22-15-6-7-17-18(12-15)30-14-29-17)13-31-21-24-23-20(25-8-10-28-11-9-25)26(21)16-4-2-1-3-5-16/h1-7,12H,8-11,13-14H2,(H,22,27). The Morgan fingerprint density at radius 2 is 1.84 bits per heavy atom. The van der Waals surface area contributed by atoms with Crippen LogP contribution >= 0.6 is 11.8 Å². The topological polar surface area (TPSA) is 90.7 Å². The van der Waals surface area contributed by atoms with E-state index in [0.717, 1.165) is 24.7 Å². The Morgan fingerprint density at radius 1 is 1.03 bits per heavy atom. The second-order valence-electron chi connectivity index (χ2n) is 6.96. The Morgan fingerprint density at radius 3 is 2.68 bits per heavy atom. The van der Waals surface area contributed by atoms with Crippen LogP contribution in [0.1, 0.15) is 0 Å². The van der Waals surface area contributed by atoms with E-state index in [1.54, 1.807) is 18.2 Å². The first-order valence-corrected chi connectivity index (χ1v) is 10.9. The number of nitrogens with one attached hydrogen (secondary N) is 1. The Labute approximate surface area is 183 Å². The molecule has 9 nitrogen and oxygen atoms in total. The fourth-order valence-electron chi connectivity index (χ4n) is 3.43. The molecular formula is C21H21N5O4S. The second kappa shape index (κ2) is 8.86. The highest BCUT2D eigenvalue weighted by molar-refractivity contribution is 7.99. The minimum atomic E-state index is -0.139. The van der Waals surface area contributed by atoms with Crippen molar-refractivity contribution >= 4 is 29.3 Å². The number of carbonyl (C=O) groups is 1. The number of benzene rings is 2. The van der Waals surface area contributed by atoms with Crippen molar-refractivity contribution in [1.29, 1.82) is 0 Å². The van der Waals surface area contributed by atoms with Crippen molar-refractivity contribution in [2.45, 2.75) is 5.16 Å². The molecule has 0 saturated carbocycles. The van der Waals surface area contributed by atoms with Crippen LogP contribution in [0, 0.1) is 0 Å². The molecule has 2 aromatic carbocycles. The van der Waals surface area contributed by atoms with Gasteiger partial charge in [0.05, 0.1) is 24.7 Å². The summed E-state index contributed by atoms with van der Waals surface area (Å²) in [6, 6.07) is 15.2. The number of carbonyl (C=O) groups excluding carboxylic acids is 1. The lowest BCUT2D eigenvalue weighted by Crippen LogP contribution is -2.37. The minimum absolute atomic E-state index is 0.139. The summed E-state index contributed by atoms with van der Waals surface area (Å²) < 4.78 is 18.1. The van der Waals surface area contributed by atoms with Crippen LogP contribution in [-0.4, -0.2) is 59.5 Å². The Hall–Kier alpha value is -3.24. The number of morpholine rings is 1. The molecule has 0 aliphatic carbocycles. The van der Waals surface area contributed by atoms with Gasteiger partial charge in [-0.05, 0) is 24.3 Å². The fourth-order valence-corrected chi connectivity index (χ4v) is 4.18. The summed E-state index contributed by atoms with van der Waals surface area (Å²) in [5.41, 5.74) is 1.61. The number of hydrogen-bond donors (Lipinski definition) is 1. The van der Waals surface area contributed by atoms with Crippen molar-refractivity contribution in [1.82, 2.24) is 14.8 Å². The first kappa shape index (κ1) is 19.7. The van der Waals surface area contributed by atoms with E-state index in [2.05, 4.69) is 20.4 Å². The van der Waals surface area contributed by atoms with Gasteiger partial charge in [-0.1, -0.05) is 30.0 Å². The van der Waals surface area contributed by atoms with Crippen LogP contribution in [0.5, 0.6) is 11.5 Å². The van der Waals surface area contributed by atoms with E-state index in [1.807, 2.05) is 34.9 Å². The first-order chi connectivity index (χ1) is 15.3. The summed E-state index contributed by atoms with van der Waals surface area (Å²) in [4.78, 5) is 14.7. The van der Waals surface area contributed by atoms with Gasteiger partial charge in [-0.2, -0.15) is 0 Å². The SMILES string of the molecule is O=C(CSc1nnc(N2CCOCC2)n1-c1ccccc1)Nc1ccc2c(c1)OCO2. The number of thioether (sulfide) groups is 1. The van der Waals surface area contributed by atoms with Crippen LogP contribution in [0.3, 0.4) is 0 Å². The average Bonchev–Trinajstić information content (AvgIpc) is 3.45. The van der Waals surface area contributed by atoms with E-state index in [4.69, 9.17) is 14.2 Å². The van der Waals surface area contributed by atoms with Gasteiger partial charge >= 0.3 is 0 Å². The van der Waals surface area contributed by atoms with Crippen LogP contribution in [0.15, 0.2) is 53.7 Å². The molecule has 160 valence electrons. The van der Waals surface area contributed by atoms with Gasteiger partial charge in [0.2, 0.25) is 18.6 Å². The van der Waals surface area contributed by atoms with Crippen LogP contribution in [0.4, 0.5) is 11.6 Å². The minimum Gasteiger partial charge on any atom is -0.454 e. The average molecular weight is 439 g/mol. The van der Waals surface area contributed by atoms with E-state index < -0.39 is 0 Å². The molecule has 0 radical (unpaired) electrons. The summed E-state index contributed by atoms with van der Waals surface area (Å²) in [7, 11) is 0. The van der Waals surface area contributed by atoms with Crippen molar-refractivity contribution in [2.75, 3.05) is 49.1 Å². The van der Waals surface area contributed by atoms with Crippen molar-refractivity contribution in [2.24, 2.45) is 0 Å². The molecule has 2 aliphatic rings. The number of nitrogens with zero attached hydrogens (tertiary/aromatic N) is 4. The van der Waals surface area contributed by atoms with E-state index in [-0.39, 0.29) is 18.5 Å². The molecule has 1 saturated heterocycles. The zero-order valence-corrected chi connectivity index (χ0v) is 17.5. The molecule has 0 unspecified atom stereocenters. The van der Waals surface area contributed by atoms with Crippen LogP contribution in [-0.2, 0) is 9.53 Å². The maximum atomic E-state index is 12.6. The van der Waals surface area contributed by atoms with Crippen LogP contribution in [0.25, 0.3) is 5.69 Å². The maximum Gasteiger partial charge on any atom is 0.234 e. The Balaban J connectivity index is 1.31. The van der Waals surface area contributed by atoms with Gasteiger partial charge in [-0.3, -0.25) is 9.36 Å². The van der Waals surface area contributed by atoms with Gasteiger partial charge in [-0.25, -0.2) is 0 Å². The molecule has 3 aromatic rings. The molecule has 10 heteroatoms. The van der Waals surface area contributed by atoms with E-state index in [1.165, 1.54) is 11.8 Å². The molecule has 0 atom stereocenters. The molecule has 1 fully saturated rings. The lowest BCUT2D eigenvalue weighted by molar-refractivity contribution is -0.113. The highest BCUT2D eigenvalue weighted by atomic mass is 32.2. The molecule has 5 rings (SSSR count). The number of rotatable bonds is 6. The van der Waals surface area contributed by atoms with Crippen molar-refractivity contribution in [3.63, 3.8) is 0 Å². The summed E-state index contributed by atoms with van der Waals surface area (Å²) in [5.74, 6) is 2.12. The third kappa shape index (κ3) is 4.30. The van der Waals surface area contributed by atoms with E-state index in [9.17, 15) is 4.79 Å². The summed E-state index contributed by atoms with van der Waals surface area (Å²) in [5, 5.41) is 12.3. The summed E-state index contributed by atoms with van der Waals surface area (Å²) in [6.45, 7) is 3.01. The molecule has 3 heterocycles. The van der Waals surface area contributed by atoms with E-state index >= 15 is 0 Å². The number of para-hydroxylation sites is 1. The second-order valence-corrected chi connectivity index (χ2v) is 7.90. The predicted molar refractivity (Wildman–Crippen MR) is 116 cm³/mol. The Bertz CT molecular complexity index is 1070. The van der Waals surface area contributed by atoms with E-state index in [0.29, 0.717) is 35.6 Å². The van der Waals surface area contributed by atoms with Crippen LogP contribution < -0.4 is 19.7 Å². The molecule has 31 heavy (non-hydrogen) atoms. The number of amides is 1. The molecule has 2 aliphatic heterocycles. The fraction of sp³-hybridized carbons (Fsp3) is 0.286. The number of ether oxygens (including phenoxy) is 3. The summed E-state index contributed by atoms with van der Waals surface area (Å²) in [6.07, 6.45) is 0. The highest BCUT2D eigenvalue weighted by Gasteiger charge is 2.22. The van der Waals surface area contributed by atoms with Crippen molar-refractivity contribution in [3.8, 4) is 17.2 Å². The summed E-state index contributed by atoms with van der Waals surface area (Å²) >= 11 is 1.34. The normalized spacial score (nSPS) is 15.2. The molecular weight excluding hydrogens is 418 g/mol. The zero-order chi connectivity index (χ0) is 21.0. The molecule has 0 bridgehead atoms. The third-order valence-corrected chi connectivity index (χ3v) is 5.84. The van der Waals surface area contributed by atoms with Crippen LogP contribution in [0.2, 0.25) is 0 Å². The maximum absolute atomic E-state index is 12.6. The van der Waals surface area contributed by atoms with Gasteiger partial charge in [0.25, 0.3) is 0 Å². The molecule has 0 spiro atoms. The lowest BCUT2D eigenvalue weighted by atomic mass is 10.3. The van der Waals surface area contributed by atoms with Gasteiger partial charge in [0.15, 0.2) is 16.7 Å². The predicted octanol–water partition coefficient (Wildman–Crippen LogP) is 2.56. The largest absolute Gasteiger partial charge is 0.454 e. The number of anilines is 2. The van der Waals surface area contributed by atoms with Crippen molar-refractivity contribution in [3.05, 3.63) is 48.5 Å². The molecule has 1 N–H and O–H groups in total.